The van der Waals surface area contributed by atoms with Crippen molar-refractivity contribution in [2.24, 2.45) is 0 Å². The molecule has 132 valence electrons. The average Bonchev–Trinajstić information content (AvgIpc) is 2.93. The third-order valence-electron chi connectivity index (χ3n) is 4.25. The number of carbonyl (C=O) groups excluding carboxylic acids is 1. The summed E-state index contributed by atoms with van der Waals surface area (Å²) in [6, 6.07) is 13.5. The van der Waals surface area contributed by atoms with Gasteiger partial charge in [-0.3, -0.25) is 4.79 Å². The van der Waals surface area contributed by atoms with E-state index >= 15 is 0 Å². The maximum atomic E-state index is 13.0. The summed E-state index contributed by atoms with van der Waals surface area (Å²) in [6.45, 7) is 0.322. The number of halogens is 2. The van der Waals surface area contributed by atoms with Gasteiger partial charge in [0, 0.05) is 28.2 Å². The van der Waals surface area contributed by atoms with Crippen LogP contribution in [0.15, 0.2) is 48.5 Å². The SMILES string of the molecule is O=C(c1cccc(Cl)c1)N(Cc1ccc(Cl)cc1)[C@@H]1CCS(=O)(=O)C1. The van der Waals surface area contributed by atoms with Gasteiger partial charge in [0.15, 0.2) is 9.84 Å². The zero-order chi connectivity index (χ0) is 18.0. The summed E-state index contributed by atoms with van der Waals surface area (Å²) in [4.78, 5) is 14.6. The Morgan fingerprint density at radius 2 is 1.80 bits per heavy atom. The molecule has 1 atom stereocenters. The van der Waals surface area contributed by atoms with E-state index in [9.17, 15) is 13.2 Å². The van der Waals surface area contributed by atoms with Gasteiger partial charge in [0.25, 0.3) is 5.91 Å². The highest BCUT2D eigenvalue weighted by molar-refractivity contribution is 7.91. The number of benzene rings is 2. The fraction of sp³-hybridized carbons (Fsp3) is 0.278. The Morgan fingerprint density at radius 3 is 2.40 bits per heavy atom. The van der Waals surface area contributed by atoms with Crippen molar-refractivity contribution in [3.05, 3.63) is 69.7 Å². The van der Waals surface area contributed by atoms with Crippen molar-refractivity contribution >= 4 is 38.9 Å². The van der Waals surface area contributed by atoms with Crippen LogP contribution < -0.4 is 0 Å². The summed E-state index contributed by atoms with van der Waals surface area (Å²) in [5.74, 6) is -0.121. The first kappa shape index (κ1) is 18.2. The van der Waals surface area contributed by atoms with Crippen molar-refractivity contribution in [2.75, 3.05) is 11.5 Å². The van der Waals surface area contributed by atoms with E-state index < -0.39 is 9.84 Å². The fourth-order valence-electron chi connectivity index (χ4n) is 2.96. The number of carbonyl (C=O) groups is 1. The van der Waals surface area contributed by atoms with Crippen molar-refractivity contribution < 1.29 is 13.2 Å². The predicted molar refractivity (Wildman–Crippen MR) is 99.8 cm³/mol. The van der Waals surface area contributed by atoms with Crippen LogP contribution in [0.5, 0.6) is 0 Å². The zero-order valence-electron chi connectivity index (χ0n) is 13.4. The molecule has 2 aromatic carbocycles. The quantitative estimate of drug-likeness (QED) is 0.787. The van der Waals surface area contributed by atoms with E-state index in [1.165, 1.54) is 0 Å². The van der Waals surface area contributed by atoms with Gasteiger partial charge in [0.1, 0.15) is 0 Å². The molecule has 0 saturated carbocycles. The molecule has 3 rings (SSSR count). The summed E-state index contributed by atoms with van der Waals surface area (Å²) in [7, 11) is -3.10. The van der Waals surface area contributed by atoms with Gasteiger partial charge in [-0.1, -0.05) is 41.4 Å². The van der Waals surface area contributed by atoms with E-state index in [0.717, 1.165) is 5.56 Å². The van der Waals surface area contributed by atoms with Crippen LogP contribution in [0.3, 0.4) is 0 Å². The number of sulfone groups is 1. The molecule has 0 aliphatic carbocycles. The van der Waals surface area contributed by atoms with E-state index in [-0.39, 0.29) is 23.5 Å². The summed E-state index contributed by atoms with van der Waals surface area (Å²) in [6.07, 6.45) is 0.447. The minimum absolute atomic E-state index is 0.00705. The van der Waals surface area contributed by atoms with Gasteiger partial charge in [-0.05, 0) is 42.3 Å². The lowest BCUT2D eigenvalue weighted by Crippen LogP contribution is -2.40. The molecule has 1 fully saturated rings. The van der Waals surface area contributed by atoms with E-state index in [2.05, 4.69) is 0 Å². The van der Waals surface area contributed by atoms with Gasteiger partial charge in [-0.15, -0.1) is 0 Å². The van der Waals surface area contributed by atoms with Crippen LogP contribution in [0.2, 0.25) is 10.0 Å². The van der Waals surface area contributed by atoms with Crippen molar-refractivity contribution in [2.45, 2.75) is 19.0 Å². The smallest absolute Gasteiger partial charge is 0.254 e. The molecule has 4 nitrogen and oxygen atoms in total. The summed E-state index contributed by atoms with van der Waals surface area (Å²) < 4.78 is 23.8. The predicted octanol–water partition coefficient (Wildman–Crippen LogP) is 3.82. The summed E-state index contributed by atoms with van der Waals surface area (Å²) >= 11 is 11.9. The second-order valence-corrected chi connectivity index (χ2v) is 9.23. The topological polar surface area (TPSA) is 54.5 Å². The Balaban J connectivity index is 1.91. The Bertz CT molecular complexity index is 881. The first-order valence-corrected chi connectivity index (χ1v) is 10.4. The molecule has 0 radical (unpaired) electrons. The van der Waals surface area contributed by atoms with Crippen molar-refractivity contribution in [1.29, 1.82) is 0 Å². The second-order valence-electron chi connectivity index (χ2n) is 6.13. The number of nitrogens with zero attached hydrogens (tertiary/aromatic N) is 1. The lowest BCUT2D eigenvalue weighted by Gasteiger charge is -2.28. The van der Waals surface area contributed by atoms with Gasteiger partial charge in [0.2, 0.25) is 0 Å². The Hall–Kier alpha value is -1.56. The Morgan fingerprint density at radius 1 is 1.08 bits per heavy atom. The highest BCUT2D eigenvalue weighted by atomic mass is 35.5. The molecule has 1 heterocycles. The second kappa shape index (κ2) is 7.36. The lowest BCUT2D eigenvalue weighted by molar-refractivity contribution is 0.0681. The highest BCUT2D eigenvalue weighted by Crippen LogP contribution is 2.24. The van der Waals surface area contributed by atoms with Gasteiger partial charge in [-0.25, -0.2) is 8.42 Å². The van der Waals surface area contributed by atoms with Crippen LogP contribution in [0.1, 0.15) is 22.3 Å². The molecule has 0 spiro atoms. The van der Waals surface area contributed by atoms with E-state index in [1.807, 2.05) is 12.1 Å². The van der Waals surface area contributed by atoms with Crippen molar-refractivity contribution in [3.8, 4) is 0 Å². The van der Waals surface area contributed by atoms with Gasteiger partial charge < -0.3 is 4.90 Å². The third-order valence-corrected chi connectivity index (χ3v) is 6.49. The van der Waals surface area contributed by atoms with E-state index in [1.54, 1.807) is 41.3 Å². The van der Waals surface area contributed by atoms with Crippen LogP contribution >= 0.6 is 23.2 Å². The summed E-state index contributed by atoms with van der Waals surface area (Å²) in [5, 5.41) is 1.08. The molecule has 1 aliphatic heterocycles. The number of hydrogen-bond acceptors (Lipinski definition) is 3. The highest BCUT2D eigenvalue weighted by Gasteiger charge is 2.35. The molecule has 0 unspecified atom stereocenters. The largest absolute Gasteiger partial charge is 0.330 e. The van der Waals surface area contributed by atoms with E-state index in [4.69, 9.17) is 23.2 Å². The van der Waals surface area contributed by atoms with Gasteiger partial charge >= 0.3 is 0 Å². The lowest BCUT2D eigenvalue weighted by atomic mass is 10.1. The summed E-state index contributed by atoms with van der Waals surface area (Å²) in [5.41, 5.74) is 1.34. The minimum Gasteiger partial charge on any atom is -0.330 e. The molecule has 25 heavy (non-hydrogen) atoms. The van der Waals surface area contributed by atoms with Crippen LogP contribution in [-0.4, -0.2) is 36.8 Å². The minimum atomic E-state index is -3.10. The van der Waals surface area contributed by atoms with Crippen LogP contribution in [0.4, 0.5) is 0 Å². The molecule has 2 aromatic rings. The zero-order valence-corrected chi connectivity index (χ0v) is 15.7. The van der Waals surface area contributed by atoms with Gasteiger partial charge in [-0.2, -0.15) is 0 Å². The van der Waals surface area contributed by atoms with E-state index in [0.29, 0.717) is 28.6 Å². The molecular weight excluding hydrogens is 381 g/mol. The fourth-order valence-corrected chi connectivity index (χ4v) is 5.01. The molecule has 7 heteroatoms. The number of amides is 1. The molecule has 0 bridgehead atoms. The molecule has 1 saturated heterocycles. The number of rotatable bonds is 4. The molecule has 1 amide bonds. The third kappa shape index (κ3) is 4.54. The number of hydrogen-bond donors (Lipinski definition) is 0. The van der Waals surface area contributed by atoms with Crippen LogP contribution in [-0.2, 0) is 16.4 Å². The molecule has 0 aromatic heterocycles. The Labute approximate surface area is 157 Å². The van der Waals surface area contributed by atoms with Gasteiger partial charge in [0.05, 0.1) is 11.5 Å². The first-order chi connectivity index (χ1) is 11.8. The standard InChI is InChI=1S/C18H17Cl2NO3S/c19-15-6-4-13(5-7-15)11-21(17-8-9-25(23,24)12-17)18(22)14-2-1-3-16(20)10-14/h1-7,10,17H,8-9,11-12H2/t17-/m1/s1. The van der Waals surface area contributed by atoms with Crippen molar-refractivity contribution in [3.63, 3.8) is 0 Å². The van der Waals surface area contributed by atoms with Crippen molar-refractivity contribution in [1.82, 2.24) is 4.90 Å². The Kier molecular flexibility index (Phi) is 5.37. The molecule has 0 N–H and O–H groups in total. The van der Waals surface area contributed by atoms with Crippen LogP contribution in [0.25, 0.3) is 0 Å². The molecular formula is C18H17Cl2NO3S. The normalized spacial score (nSPS) is 18.9. The van der Waals surface area contributed by atoms with Crippen LogP contribution in [0, 0.1) is 0 Å². The molecule has 1 aliphatic rings. The monoisotopic (exact) mass is 397 g/mol. The maximum absolute atomic E-state index is 13.0. The average molecular weight is 398 g/mol. The maximum Gasteiger partial charge on any atom is 0.254 e. The first-order valence-electron chi connectivity index (χ1n) is 7.85.